The normalized spacial score (nSPS) is 16.7. The van der Waals surface area contributed by atoms with E-state index in [1.807, 2.05) is 11.8 Å². The summed E-state index contributed by atoms with van der Waals surface area (Å²) in [4.78, 5) is 14.1. The van der Waals surface area contributed by atoms with Crippen LogP contribution in [0.15, 0.2) is 18.2 Å². The maximum atomic E-state index is 12.9. The molecule has 1 N–H and O–H groups in total. The molecule has 1 amide bonds. The van der Waals surface area contributed by atoms with Crippen LogP contribution in [0.25, 0.3) is 0 Å². The first-order chi connectivity index (χ1) is 10.3. The second-order valence-electron chi connectivity index (χ2n) is 5.72. The largest absolute Gasteiger partial charge is 0.416 e. The number of nitrogens with zero attached hydrogens (tertiary/aromatic N) is 1. The Hall–Kier alpha value is -1.72. The number of alkyl halides is 3. The van der Waals surface area contributed by atoms with Gasteiger partial charge in [0.2, 0.25) is 5.91 Å². The van der Waals surface area contributed by atoms with Crippen molar-refractivity contribution in [2.45, 2.75) is 39.3 Å². The van der Waals surface area contributed by atoms with Gasteiger partial charge in [-0.05, 0) is 37.5 Å². The van der Waals surface area contributed by atoms with E-state index in [2.05, 4.69) is 5.32 Å². The summed E-state index contributed by atoms with van der Waals surface area (Å²) in [6, 6.07) is 3.57. The topological polar surface area (TPSA) is 32.3 Å². The number of nitrogens with one attached hydrogen (secondary N) is 1. The smallest absolute Gasteiger partial charge is 0.370 e. The average Bonchev–Trinajstić information content (AvgIpc) is 2.99. The minimum absolute atomic E-state index is 0.235. The molecule has 0 aromatic heterocycles. The first-order valence-electron chi connectivity index (χ1n) is 7.60. The molecule has 3 nitrogen and oxygen atoms in total. The van der Waals surface area contributed by atoms with Gasteiger partial charge in [-0.25, -0.2) is 0 Å². The highest BCUT2D eigenvalue weighted by Gasteiger charge is 2.32. The van der Waals surface area contributed by atoms with E-state index in [0.29, 0.717) is 12.1 Å². The van der Waals surface area contributed by atoms with E-state index in [4.69, 9.17) is 0 Å². The van der Waals surface area contributed by atoms with Crippen molar-refractivity contribution in [1.29, 1.82) is 0 Å². The van der Waals surface area contributed by atoms with Crippen LogP contribution in [0.3, 0.4) is 0 Å². The number of halogens is 3. The number of rotatable bonds is 4. The summed E-state index contributed by atoms with van der Waals surface area (Å²) >= 11 is 0. The van der Waals surface area contributed by atoms with Crippen molar-refractivity contribution in [3.8, 4) is 0 Å². The van der Waals surface area contributed by atoms with Crippen molar-refractivity contribution in [1.82, 2.24) is 0 Å². The molecule has 1 unspecified atom stereocenters. The van der Waals surface area contributed by atoms with Crippen LogP contribution in [0, 0.1) is 5.92 Å². The zero-order chi connectivity index (χ0) is 16.3. The van der Waals surface area contributed by atoms with Crippen LogP contribution in [0.4, 0.5) is 24.5 Å². The Kier molecular flexibility index (Phi) is 4.98. The third kappa shape index (κ3) is 3.72. The lowest BCUT2D eigenvalue weighted by Crippen LogP contribution is -2.24. The fourth-order valence-electron chi connectivity index (χ4n) is 2.49. The van der Waals surface area contributed by atoms with Crippen LogP contribution in [0.2, 0.25) is 0 Å². The number of carbonyl (C=O) groups excluding carboxylic acids is 1. The molecule has 1 saturated heterocycles. The molecule has 0 spiro atoms. The molecule has 1 aliphatic heterocycles. The number of anilines is 2. The van der Waals surface area contributed by atoms with E-state index in [-0.39, 0.29) is 17.5 Å². The molecular formula is C16H21F3N2O. The van der Waals surface area contributed by atoms with Gasteiger partial charge in [0.05, 0.1) is 16.9 Å². The van der Waals surface area contributed by atoms with E-state index >= 15 is 0 Å². The summed E-state index contributed by atoms with van der Waals surface area (Å²) in [5, 5.41) is 2.67. The summed E-state index contributed by atoms with van der Waals surface area (Å²) in [5.74, 6) is -0.483. The standard InChI is InChI=1S/C16H21F3N2O/c1-3-11(2)15(22)20-13-10-12(16(17,18)19)6-7-14(13)21-8-4-5-9-21/h6-7,10-11H,3-5,8-9H2,1-2H3,(H,20,22). The second-order valence-corrected chi connectivity index (χ2v) is 5.72. The zero-order valence-corrected chi connectivity index (χ0v) is 12.8. The van der Waals surface area contributed by atoms with Crippen molar-refractivity contribution in [2.24, 2.45) is 5.92 Å². The van der Waals surface area contributed by atoms with Gasteiger partial charge in [0, 0.05) is 19.0 Å². The zero-order valence-electron chi connectivity index (χ0n) is 12.8. The fourth-order valence-corrected chi connectivity index (χ4v) is 2.49. The van der Waals surface area contributed by atoms with Gasteiger partial charge in [0.15, 0.2) is 0 Å². The average molecular weight is 314 g/mol. The fraction of sp³-hybridized carbons (Fsp3) is 0.562. The van der Waals surface area contributed by atoms with Gasteiger partial charge in [0.1, 0.15) is 0 Å². The summed E-state index contributed by atoms with van der Waals surface area (Å²) in [6.45, 7) is 5.24. The molecule has 0 saturated carbocycles. The molecule has 1 aliphatic rings. The first kappa shape index (κ1) is 16.6. The first-order valence-corrected chi connectivity index (χ1v) is 7.60. The van der Waals surface area contributed by atoms with Crippen LogP contribution in [0.1, 0.15) is 38.7 Å². The van der Waals surface area contributed by atoms with Crippen LogP contribution < -0.4 is 10.2 Å². The lowest BCUT2D eigenvalue weighted by molar-refractivity contribution is -0.137. The molecule has 6 heteroatoms. The maximum absolute atomic E-state index is 12.9. The van der Waals surface area contributed by atoms with Gasteiger partial charge < -0.3 is 10.2 Å². The SMILES string of the molecule is CCC(C)C(=O)Nc1cc(C(F)(F)F)ccc1N1CCCC1. The third-order valence-electron chi connectivity index (χ3n) is 4.09. The number of hydrogen-bond acceptors (Lipinski definition) is 2. The molecule has 2 rings (SSSR count). The minimum atomic E-state index is -4.42. The molecule has 0 radical (unpaired) electrons. The quantitative estimate of drug-likeness (QED) is 0.899. The Balaban J connectivity index is 2.34. The van der Waals surface area contributed by atoms with E-state index in [9.17, 15) is 18.0 Å². The molecule has 22 heavy (non-hydrogen) atoms. The van der Waals surface area contributed by atoms with E-state index in [0.717, 1.165) is 38.1 Å². The molecular weight excluding hydrogens is 293 g/mol. The summed E-state index contributed by atoms with van der Waals surface area (Å²) < 4.78 is 38.7. The van der Waals surface area contributed by atoms with E-state index < -0.39 is 11.7 Å². The van der Waals surface area contributed by atoms with Crippen molar-refractivity contribution in [3.05, 3.63) is 23.8 Å². The maximum Gasteiger partial charge on any atom is 0.416 e. The van der Waals surface area contributed by atoms with Crippen LogP contribution in [-0.4, -0.2) is 19.0 Å². The molecule has 0 aliphatic carbocycles. The van der Waals surface area contributed by atoms with Gasteiger partial charge in [-0.15, -0.1) is 0 Å². The highest BCUT2D eigenvalue weighted by Crippen LogP contribution is 2.36. The molecule has 1 aromatic rings. The molecule has 1 aromatic carbocycles. The van der Waals surface area contributed by atoms with Gasteiger partial charge in [-0.3, -0.25) is 4.79 Å². The monoisotopic (exact) mass is 314 g/mol. The van der Waals surface area contributed by atoms with Crippen LogP contribution in [-0.2, 0) is 11.0 Å². The highest BCUT2D eigenvalue weighted by atomic mass is 19.4. The molecule has 0 bridgehead atoms. The Morgan fingerprint density at radius 1 is 1.32 bits per heavy atom. The number of hydrogen-bond donors (Lipinski definition) is 1. The van der Waals surface area contributed by atoms with Gasteiger partial charge in [-0.1, -0.05) is 13.8 Å². The summed E-state index contributed by atoms with van der Waals surface area (Å²) in [6.07, 6.45) is -1.75. The molecule has 122 valence electrons. The molecule has 1 heterocycles. The molecule has 1 atom stereocenters. The number of benzene rings is 1. The summed E-state index contributed by atoms with van der Waals surface area (Å²) in [5.41, 5.74) is 0.180. The Bertz CT molecular complexity index is 537. The number of carbonyl (C=O) groups is 1. The van der Waals surface area contributed by atoms with Gasteiger partial charge in [-0.2, -0.15) is 13.2 Å². The highest BCUT2D eigenvalue weighted by molar-refractivity contribution is 5.95. The minimum Gasteiger partial charge on any atom is -0.370 e. The third-order valence-corrected chi connectivity index (χ3v) is 4.09. The van der Waals surface area contributed by atoms with Crippen LogP contribution >= 0.6 is 0 Å². The van der Waals surface area contributed by atoms with Crippen molar-refractivity contribution in [3.63, 3.8) is 0 Å². The Labute approximate surface area is 128 Å². The predicted octanol–water partition coefficient (Wildman–Crippen LogP) is 4.29. The van der Waals surface area contributed by atoms with Crippen molar-refractivity contribution < 1.29 is 18.0 Å². The van der Waals surface area contributed by atoms with E-state index in [1.165, 1.54) is 6.07 Å². The van der Waals surface area contributed by atoms with Gasteiger partial charge in [0.25, 0.3) is 0 Å². The Morgan fingerprint density at radius 2 is 1.95 bits per heavy atom. The van der Waals surface area contributed by atoms with Crippen molar-refractivity contribution in [2.75, 3.05) is 23.3 Å². The predicted molar refractivity (Wildman–Crippen MR) is 81.0 cm³/mol. The van der Waals surface area contributed by atoms with Gasteiger partial charge >= 0.3 is 6.18 Å². The summed E-state index contributed by atoms with van der Waals surface area (Å²) in [7, 11) is 0. The van der Waals surface area contributed by atoms with Crippen LogP contribution in [0.5, 0.6) is 0 Å². The molecule has 1 fully saturated rings. The number of amides is 1. The Morgan fingerprint density at radius 3 is 2.50 bits per heavy atom. The lowest BCUT2D eigenvalue weighted by Gasteiger charge is -2.23. The van der Waals surface area contributed by atoms with E-state index in [1.54, 1.807) is 6.92 Å². The lowest BCUT2D eigenvalue weighted by atomic mass is 10.1. The van der Waals surface area contributed by atoms with Crippen molar-refractivity contribution >= 4 is 17.3 Å². The second kappa shape index (κ2) is 6.58.